The van der Waals surface area contributed by atoms with Crippen molar-refractivity contribution < 1.29 is 9.18 Å². The molecule has 0 saturated heterocycles. The number of benzene rings is 2. The van der Waals surface area contributed by atoms with Gasteiger partial charge >= 0.3 is 0 Å². The van der Waals surface area contributed by atoms with E-state index < -0.39 is 10.6 Å². The van der Waals surface area contributed by atoms with Crippen LogP contribution in [0.15, 0.2) is 59.4 Å². The molecule has 0 aliphatic rings. The van der Waals surface area contributed by atoms with E-state index >= 15 is 0 Å². The van der Waals surface area contributed by atoms with Crippen LogP contribution in [0.1, 0.15) is 26.4 Å². The Morgan fingerprint density at radius 2 is 1.92 bits per heavy atom. The van der Waals surface area contributed by atoms with Gasteiger partial charge in [-0.3, -0.25) is 9.59 Å². The molecule has 3 rings (SSSR count). The van der Waals surface area contributed by atoms with Gasteiger partial charge in [0.1, 0.15) is 10.6 Å². The van der Waals surface area contributed by atoms with Crippen LogP contribution in [-0.2, 0) is 0 Å². The van der Waals surface area contributed by atoms with Crippen molar-refractivity contribution in [1.29, 1.82) is 0 Å². The van der Waals surface area contributed by atoms with E-state index in [1.165, 1.54) is 28.9 Å². The molecule has 0 N–H and O–H groups in total. The maximum Gasteiger partial charge on any atom is 0.271 e. The maximum absolute atomic E-state index is 13.2. The Hall–Kier alpha value is -2.31. The normalized spacial score (nSPS) is 12.0. The zero-order valence-corrected chi connectivity index (χ0v) is 16.0. The van der Waals surface area contributed by atoms with E-state index in [1.807, 2.05) is 19.1 Å². The number of rotatable bonds is 4. The summed E-state index contributed by atoms with van der Waals surface area (Å²) in [4.78, 5) is 24.1. The van der Waals surface area contributed by atoms with Gasteiger partial charge in [0.05, 0.1) is 16.4 Å². The van der Waals surface area contributed by atoms with Crippen molar-refractivity contribution in [1.82, 2.24) is 9.78 Å². The van der Waals surface area contributed by atoms with Crippen molar-refractivity contribution in [2.24, 2.45) is 0 Å². The highest BCUT2D eigenvalue weighted by molar-refractivity contribution is 9.09. The van der Waals surface area contributed by atoms with E-state index in [9.17, 15) is 14.0 Å². The summed E-state index contributed by atoms with van der Waals surface area (Å²) in [5.74, 6) is -0.901. The Morgan fingerprint density at radius 3 is 2.62 bits per heavy atom. The predicted molar refractivity (Wildman–Crippen MR) is 102 cm³/mol. The standard InChI is InChI=1S/C19H13BrClFN2O2/c1-11-4-2-3-5-16(11)24-17(25)9-8-15(23-24)18(20)19(26)13-7-6-12(22)10-14(13)21/h2-10,18H,1H3. The van der Waals surface area contributed by atoms with Gasteiger partial charge in [0.25, 0.3) is 5.56 Å². The molecule has 4 nitrogen and oxygen atoms in total. The highest BCUT2D eigenvalue weighted by atomic mass is 79.9. The number of carbonyl (C=O) groups excluding carboxylic acids is 1. The molecule has 0 fully saturated rings. The third-order valence-electron chi connectivity index (χ3n) is 3.85. The molecule has 26 heavy (non-hydrogen) atoms. The average Bonchev–Trinajstić information content (AvgIpc) is 2.62. The first-order valence-electron chi connectivity index (χ1n) is 7.68. The van der Waals surface area contributed by atoms with Gasteiger partial charge in [-0.2, -0.15) is 9.78 Å². The zero-order valence-electron chi connectivity index (χ0n) is 13.6. The van der Waals surface area contributed by atoms with Crippen LogP contribution in [0.2, 0.25) is 5.02 Å². The van der Waals surface area contributed by atoms with Gasteiger partial charge in [-0.15, -0.1) is 0 Å². The van der Waals surface area contributed by atoms with Crippen molar-refractivity contribution in [3.63, 3.8) is 0 Å². The van der Waals surface area contributed by atoms with Crippen molar-refractivity contribution in [3.05, 3.63) is 92.6 Å². The Morgan fingerprint density at radius 1 is 1.19 bits per heavy atom. The molecule has 0 saturated carbocycles. The maximum atomic E-state index is 13.2. The van der Waals surface area contributed by atoms with Gasteiger partial charge < -0.3 is 0 Å². The summed E-state index contributed by atoms with van der Waals surface area (Å²) < 4.78 is 14.4. The molecule has 7 heteroatoms. The Kier molecular flexibility index (Phi) is 5.34. The van der Waals surface area contributed by atoms with Crippen LogP contribution in [0.25, 0.3) is 5.69 Å². The molecule has 3 aromatic rings. The van der Waals surface area contributed by atoms with E-state index in [1.54, 1.807) is 12.1 Å². The quantitative estimate of drug-likeness (QED) is 0.443. The Bertz CT molecular complexity index is 1050. The third-order valence-corrected chi connectivity index (χ3v) is 5.05. The van der Waals surface area contributed by atoms with Crippen molar-refractivity contribution in [3.8, 4) is 5.69 Å². The minimum absolute atomic E-state index is 0.0201. The molecule has 0 aliphatic carbocycles. The van der Waals surface area contributed by atoms with Crippen molar-refractivity contribution in [2.45, 2.75) is 11.8 Å². The first-order valence-corrected chi connectivity index (χ1v) is 8.97. The summed E-state index contributed by atoms with van der Waals surface area (Å²) in [6.07, 6.45) is 0. The smallest absolute Gasteiger partial charge is 0.271 e. The fraction of sp³-hybridized carbons (Fsp3) is 0.105. The summed E-state index contributed by atoms with van der Waals surface area (Å²) >= 11 is 9.28. The molecule has 0 radical (unpaired) electrons. The molecule has 1 unspecified atom stereocenters. The molecule has 0 amide bonds. The van der Waals surface area contributed by atoms with Gasteiger partial charge in [0.2, 0.25) is 0 Å². The topological polar surface area (TPSA) is 52.0 Å². The van der Waals surface area contributed by atoms with Crippen LogP contribution in [0.5, 0.6) is 0 Å². The van der Waals surface area contributed by atoms with Gasteiger partial charge in [-0.1, -0.05) is 45.7 Å². The summed E-state index contributed by atoms with van der Waals surface area (Å²) in [6.45, 7) is 1.87. The second-order valence-electron chi connectivity index (χ2n) is 5.65. The van der Waals surface area contributed by atoms with Crippen molar-refractivity contribution in [2.75, 3.05) is 0 Å². The van der Waals surface area contributed by atoms with E-state index in [0.717, 1.165) is 11.6 Å². The molecule has 0 spiro atoms. The summed E-state index contributed by atoms with van der Waals surface area (Å²) in [5.41, 5.74) is 1.71. The molecule has 1 aromatic heterocycles. The van der Waals surface area contributed by atoms with Gasteiger partial charge in [-0.05, 0) is 42.8 Å². The first-order chi connectivity index (χ1) is 12.4. The molecule has 1 heterocycles. The minimum Gasteiger partial charge on any atom is -0.292 e. The number of hydrogen-bond donors (Lipinski definition) is 0. The lowest BCUT2D eigenvalue weighted by molar-refractivity contribution is 0.0990. The zero-order chi connectivity index (χ0) is 18.8. The lowest BCUT2D eigenvalue weighted by atomic mass is 10.1. The summed E-state index contributed by atoms with van der Waals surface area (Å²) in [6, 6.07) is 13.7. The largest absolute Gasteiger partial charge is 0.292 e. The van der Waals surface area contributed by atoms with Gasteiger partial charge in [-0.25, -0.2) is 4.39 Å². The fourth-order valence-electron chi connectivity index (χ4n) is 2.49. The Labute approximate surface area is 162 Å². The van der Waals surface area contributed by atoms with Crippen LogP contribution in [-0.4, -0.2) is 15.6 Å². The number of Topliss-reactive ketones (excluding diaryl/α,β-unsaturated/α-hetero) is 1. The summed E-state index contributed by atoms with van der Waals surface area (Å²) in [5, 5.41) is 4.34. The number of alkyl halides is 1. The van der Waals surface area contributed by atoms with E-state index in [2.05, 4.69) is 21.0 Å². The molecule has 0 aliphatic heterocycles. The number of aromatic nitrogens is 2. The number of aryl methyl sites for hydroxylation is 1. The number of hydrogen-bond acceptors (Lipinski definition) is 3. The van der Waals surface area contributed by atoms with E-state index in [0.29, 0.717) is 11.4 Å². The SMILES string of the molecule is Cc1ccccc1-n1nc(C(Br)C(=O)c2ccc(F)cc2Cl)ccc1=O. The molecule has 1 atom stereocenters. The minimum atomic E-state index is -0.832. The predicted octanol–water partition coefficient (Wildman–Crippen LogP) is 4.65. The summed E-state index contributed by atoms with van der Waals surface area (Å²) in [7, 11) is 0. The number of carbonyl (C=O) groups is 1. The van der Waals surface area contributed by atoms with E-state index in [-0.39, 0.29) is 21.9 Å². The van der Waals surface area contributed by atoms with E-state index in [4.69, 9.17) is 11.6 Å². The first kappa shape index (κ1) is 18.5. The average molecular weight is 436 g/mol. The Balaban J connectivity index is 2.02. The molecule has 132 valence electrons. The van der Waals surface area contributed by atoms with Crippen LogP contribution < -0.4 is 5.56 Å². The number of ketones is 1. The lowest BCUT2D eigenvalue weighted by Gasteiger charge is -2.13. The van der Waals surface area contributed by atoms with Crippen LogP contribution in [0.3, 0.4) is 0 Å². The lowest BCUT2D eigenvalue weighted by Crippen LogP contribution is -2.23. The van der Waals surface area contributed by atoms with Crippen LogP contribution in [0.4, 0.5) is 4.39 Å². The number of para-hydroxylation sites is 1. The number of halogens is 3. The second kappa shape index (κ2) is 7.51. The van der Waals surface area contributed by atoms with Crippen LogP contribution in [0, 0.1) is 12.7 Å². The van der Waals surface area contributed by atoms with Crippen LogP contribution >= 0.6 is 27.5 Å². The molecule has 2 aromatic carbocycles. The van der Waals surface area contributed by atoms with Gasteiger partial charge in [0.15, 0.2) is 5.78 Å². The molecular weight excluding hydrogens is 423 g/mol. The highest BCUT2D eigenvalue weighted by Gasteiger charge is 2.23. The second-order valence-corrected chi connectivity index (χ2v) is 6.97. The fourth-order valence-corrected chi connectivity index (χ4v) is 3.25. The molecule has 0 bridgehead atoms. The monoisotopic (exact) mass is 434 g/mol. The third kappa shape index (κ3) is 3.61. The number of nitrogens with zero attached hydrogens (tertiary/aromatic N) is 2. The highest BCUT2D eigenvalue weighted by Crippen LogP contribution is 2.29. The van der Waals surface area contributed by atoms with Gasteiger partial charge in [0, 0.05) is 11.6 Å². The molecular formula is C19H13BrClFN2O2. The van der Waals surface area contributed by atoms with Crippen molar-refractivity contribution >= 4 is 33.3 Å².